The van der Waals surface area contributed by atoms with Crippen molar-refractivity contribution in [3.05, 3.63) is 64.6 Å². The summed E-state index contributed by atoms with van der Waals surface area (Å²) in [4.78, 5) is 63.7. The number of hydrogen-bond donors (Lipinski definition) is 4. The lowest BCUT2D eigenvalue weighted by Gasteiger charge is -2.32. The van der Waals surface area contributed by atoms with E-state index < -0.39 is 35.9 Å². The Bertz CT molecular complexity index is 1650. The van der Waals surface area contributed by atoms with Crippen LogP contribution in [0.2, 0.25) is 0 Å². The third-order valence-electron chi connectivity index (χ3n) is 11.2. The van der Waals surface area contributed by atoms with Crippen molar-refractivity contribution in [3.63, 3.8) is 0 Å². The van der Waals surface area contributed by atoms with Gasteiger partial charge in [0, 0.05) is 44.4 Å². The second-order valence-corrected chi connectivity index (χ2v) is 15.7. The molecule has 5 rings (SSSR count). The predicted octanol–water partition coefficient (Wildman–Crippen LogP) is 4.10. The monoisotopic (exact) mass is 776 g/mol. The van der Waals surface area contributed by atoms with Gasteiger partial charge in [-0.25, -0.2) is 4.98 Å². The van der Waals surface area contributed by atoms with E-state index in [9.17, 15) is 24.3 Å². The van der Waals surface area contributed by atoms with Gasteiger partial charge >= 0.3 is 0 Å². The number of aliphatic hydroxyl groups is 1. The number of nitrogens with zero attached hydrogens (tertiary/aromatic N) is 3. The lowest BCUT2D eigenvalue weighted by Crippen LogP contribution is -2.55. The third kappa shape index (κ3) is 13.1. The van der Waals surface area contributed by atoms with Crippen LogP contribution in [-0.2, 0) is 36.8 Å². The first-order valence-corrected chi connectivity index (χ1v) is 21.1. The van der Waals surface area contributed by atoms with E-state index in [4.69, 9.17) is 4.74 Å². The molecule has 2 aliphatic rings. The summed E-state index contributed by atoms with van der Waals surface area (Å²) in [7, 11) is 0. The number of carbonyl (C=O) groups is 4. The minimum atomic E-state index is -1.11. The summed E-state index contributed by atoms with van der Waals surface area (Å²) in [5.74, 6) is -1.70. The summed E-state index contributed by atoms with van der Waals surface area (Å²) < 4.78 is 5.46. The molecule has 13 heteroatoms. The third-order valence-corrected chi connectivity index (χ3v) is 11.8. The highest BCUT2D eigenvalue weighted by Gasteiger charge is 2.34. The summed E-state index contributed by atoms with van der Waals surface area (Å²) in [5, 5.41) is 24.4. The molecule has 55 heavy (non-hydrogen) atoms. The molecular formula is C42H60N6O6S. The number of morpholine rings is 1. The summed E-state index contributed by atoms with van der Waals surface area (Å²) in [6, 6.07) is 12.2. The van der Waals surface area contributed by atoms with Gasteiger partial charge < -0.3 is 35.6 Å². The molecule has 4 atom stereocenters. The Morgan fingerprint density at radius 2 is 1.69 bits per heavy atom. The van der Waals surface area contributed by atoms with Crippen LogP contribution >= 0.6 is 11.3 Å². The molecule has 2 fully saturated rings. The quantitative estimate of drug-likeness (QED) is 0.134. The number of likely N-dealkylation sites (N-methyl/N-ethyl adjacent to an activating group) is 1. The van der Waals surface area contributed by atoms with E-state index in [0.29, 0.717) is 63.8 Å². The molecule has 300 valence electrons. The first-order chi connectivity index (χ1) is 26.7. The normalized spacial score (nSPS) is 17.3. The maximum atomic E-state index is 14.4. The Kier molecular flexibility index (Phi) is 16.9. The molecule has 2 heterocycles. The minimum Gasteiger partial charge on any atom is -0.390 e. The predicted molar refractivity (Wildman–Crippen MR) is 215 cm³/mol. The molecular weight excluding hydrogens is 717 g/mol. The van der Waals surface area contributed by atoms with E-state index in [1.807, 2.05) is 47.8 Å². The van der Waals surface area contributed by atoms with Crippen molar-refractivity contribution in [1.29, 1.82) is 0 Å². The highest BCUT2D eigenvalue weighted by Crippen LogP contribution is 2.29. The number of benzene rings is 2. The number of carbonyl (C=O) groups excluding carboxylic acids is 4. The Hall–Kier alpha value is -3.91. The number of amides is 4. The largest absolute Gasteiger partial charge is 0.390 e. The number of hydrogen-bond acceptors (Lipinski definition) is 9. The van der Waals surface area contributed by atoms with Gasteiger partial charge in [0.2, 0.25) is 23.6 Å². The number of aliphatic hydroxyl groups excluding tert-OH is 1. The van der Waals surface area contributed by atoms with Crippen molar-refractivity contribution in [2.75, 3.05) is 52.5 Å². The second kappa shape index (κ2) is 22.0. The summed E-state index contributed by atoms with van der Waals surface area (Å²) in [6.07, 6.45) is 5.06. The van der Waals surface area contributed by atoms with Gasteiger partial charge in [-0.2, -0.15) is 0 Å². The Morgan fingerprint density at radius 3 is 2.42 bits per heavy atom. The zero-order valence-electron chi connectivity index (χ0n) is 32.5. The molecule has 1 aromatic heterocycles. The average molecular weight is 777 g/mol. The molecule has 3 aromatic rings. The average Bonchev–Trinajstić information content (AvgIpc) is 3.73. The Balaban J connectivity index is 1.34. The van der Waals surface area contributed by atoms with E-state index in [1.165, 1.54) is 17.8 Å². The summed E-state index contributed by atoms with van der Waals surface area (Å²) in [5.41, 5.74) is 3.28. The SMILES string of the molecule is CCN(CC)CCNC(=O)C[C@H](O)[C@H](CC1CCCCC1)NC(=O)C(Cc1cscn1)NC(=O)[C@@H](CC(=O)N1CCOCC1)Cc1cccc2ccccc12. The number of nitrogens with one attached hydrogen (secondary N) is 3. The first kappa shape index (κ1) is 42.2. The smallest absolute Gasteiger partial charge is 0.243 e. The lowest BCUT2D eigenvalue weighted by atomic mass is 9.83. The van der Waals surface area contributed by atoms with Gasteiger partial charge in [-0.05, 0) is 48.2 Å². The minimum absolute atomic E-state index is 0.0213. The van der Waals surface area contributed by atoms with Crippen LogP contribution in [0.3, 0.4) is 0 Å². The van der Waals surface area contributed by atoms with Crippen LogP contribution in [0, 0.1) is 11.8 Å². The number of rotatable bonds is 20. The van der Waals surface area contributed by atoms with Gasteiger partial charge in [0.15, 0.2) is 0 Å². The van der Waals surface area contributed by atoms with Crippen molar-refractivity contribution in [1.82, 2.24) is 30.7 Å². The van der Waals surface area contributed by atoms with Crippen molar-refractivity contribution < 1.29 is 29.0 Å². The van der Waals surface area contributed by atoms with E-state index in [2.05, 4.69) is 39.7 Å². The van der Waals surface area contributed by atoms with Gasteiger partial charge in [0.25, 0.3) is 0 Å². The fourth-order valence-electron chi connectivity index (χ4n) is 7.87. The highest BCUT2D eigenvalue weighted by molar-refractivity contribution is 7.07. The van der Waals surface area contributed by atoms with Crippen molar-refractivity contribution in [2.24, 2.45) is 11.8 Å². The number of aromatic nitrogens is 1. The highest BCUT2D eigenvalue weighted by atomic mass is 32.1. The number of thiazole rings is 1. The molecule has 1 aliphatic heterocycles. The molecule has 1 saturated carbocycles. The maximum Gasteiger partial charge on any atom is 0.243 e. The lowest BCUT2D eigenvalue weighted by molar-refractivity contribution is -0.140. The molecule has 2 aromatic carbocycles. The van der Waals surface area contributed by atoms with Crippen LogP contribution in [0.1, 0.15) is 76.5 Å². The van der Waals surface area contributed by atoms with Gasteiger partial charge in [0.05, 0.1) is 48.9 Å². The molecule has 1 unspecified atom stereocenters. The van der Waals surface area contributed by atoms with Gasteiger partial charge in [-0.15, -0.1) is 11.3 Å². The van der Waals surface area contributed by atoms with E-state index in [-0.39, 0.29) is 31.1 Å². The summed E-state index contributed by atoms with van der Waals surface area (Å²) in [6.45, 7) is 8.96. The van der Waals surface area contributed by atoms with E-state index >= 15 is 0 Å². The van der Waals surface area contributed by atoms with Gasteiger partial charge in [0.1, 0.15) is 6.04 Å². The molecule has 1 aliphatic carbocycles. The number of fused-ring (bicyclic) bond motifs is 1. The van der Waals surface area contributed by atoms with E-state index in [1.54, 1.807) is 10.4 Å². The molecule has 1 saturated heterocycles. The maximum absolute atomic E-state index is 14.4. The van der Waals surface area contributed by atoms with Crippen molar-refractivity contribution in [3.8, 4) is 0 Å². The first-order valence-electron chi connectivity index (χ1n) is 20.2. The molecule has 0 radical (unpaired) electrons. The number of ether oxygens (including phenoxy) is 1. The summed E-state index contributed by atoms with van der Waals surface area (Å²) >= 11 is 1.40. The Morgan fingerprint density at radius 1 is 0.945 bits per heavy atom. The molecule has 0 spiro atoms. The fraction of sp³-hybridized carbons (Fsp3) is 0.595. The molecule has 0 bridgehead atoms. The topological polar surface area (TPSA) is 153 Å². The van der Waals surface area contributed by atoms with Crippen molar-refractivity contribution in [2.45, 2.75) is 96.2 Å². The Labute approximate surface area is 329 Å². The molecule has 12 nitrogen and oxygen atoms in total. The zero-order valence-corrected chi connectivity index (χ0v) is 33.4. The van der Waals surface area contributed by atoms with Crippen LogP contribution in [0.15, 0.2) is 53.4 Å². The fourth-order valence-corrected chi connectivity index (χ4v) is 8.44. The van der Waals surface area contributed by atoms with Crippen LogP contribution in [0.5, 0.6) is 0 Å². The van der Waals surface area contributed by atoms with Crippen LogP contribution in [0.25, 0.3) is 10.8 Å². The van der Waals surface area contributed by atoms with Crippen molar-refractivity contribution >= 4 is 45.7 Å². The van der Waals surface area contributed by atoms with Crippen LogP contribution in [0.4, 0.5) is 0 Å². The standard InChI is InChI=1S/C42H60N6O6S/c1-3-47(4-2)18-17-43-39(50)27-38(49)36(23-30-11-6-5-7-12-30)45-42(53)37(26-34-28-55-29-44-34)46-41(52)33(25-40(51)48-19-21-54-22-20-48)24-32-15-10-14-31-13-8-9-16-35(31)32/h8-10,13-16,28-30,33,36-38,49H,3-7,11-12,17-27H2,1-2H3,(H,43,50)(H,45,53)(H,46,52)/t33-,36+,37?,38+/m1/s1. The van der Waals surface area contributed by atoms with Gasteiger partial charge in [-0.1, -0.05) is 88.4 Å². The molecule has 4 amide bonds. The van der Waals surface area contributed by atoms with Crippen LogP contribution in [-0.4, -0.2) is 114 Å². The van der Waals surface area contributed by atoms with E-state index in [0.717, 1.165) is 55.1 Å². The van der Waals surface area contributed by atoms with Gasteiger partial charge in [-0.3, -0.25) is 19.2 Å². The second-order valence-electron chi connectivity index (χ2n) is 15.0. The van der Waals surface area contributed by atoms with Crippen LogP contribution < -0.4 is 16.0 Å². The molecule has 4 N–H and O–H groups in total. The zero-order chi connectivity index (χ0) is 39.0.